The van der Waals surface area contributed by atoms with Gasteiger partial charge in [0.1, 0.15) is 19.0 Å². The number of aryl methyl sites for hydroxylation is 1. The Hall–Kier alpha value is -1.91. The summed E-state index contributed by atoms with van der Waals surface area (Å²) in [4.78, 5) is 0. The predicted octanol–water partition coefficient (Wildman–Crippen LogP) is 5.13. The van der Waals surface area contributed by atoms with E-state index in [9.17, 15) is 0 Å². The molecule has 0 aromatic heterocycles. The van der Waals surface area contributed by atoms with Crippen molar-refractivity contribution in [3.8, 4) is 17.2 Å². The number of rotatable bonds is 8. The van der Waals surface area contributed by atoms with Crippen LogP contribution in [0.4, 0.5) is 0 Å². The lowest BCUT2D eigenvalue weighted by Crippen LogP contribution is -2.17. The molecule has 0 unspecified atom stereocenters. The summed E-state index contributed by atoms with van der Waals surface area (Å²) in [6.45, 7) is 10.1. The van der Waals surface area contributed by atoms with Crippen LogP contribution in [0.15, 0.2) is 30.3 Å². The van der Waals surface area contributed by atoms with Gasteiger partial charge in [0.05, 0.1) is 12.1 Å². The fourth-order valence-electron chi connectivity index (χ4n) is 2.94. The Morgan fingerprint density at radius 2 is 1.70 bits per heavy atom. The van der Waals surface area contributed by atoms with Crippen LogP contribution in [-0.2, 0) is 12.0 Å². The Balaban J connectivity index is 2.06. The van der Waals surface area contributed by atoms with Crippen molar-refractivity contribution in [1.29, 1.82) is 0 Å². The fourth-order valence-corrected chi connectivity index (χ4v) is 3.23. The summed E-state index contributed by atoms with van der Waals surface area (Å²) < 4.78 is 17.4. The zero-order valence-electron chi connectivity index (χ0n) is 17.1. The topological polar surface area (TPSA) is 39.7 Å². The average Bonchev–Trinajstić information content (AvgIpc) is 2.60. The molecule has 0 fully saturated rings. The third-order valence-electron chi connectivity index (χ3n) is 4.27. The number of hydrogen-bond acceptors (Lipinski definition) is 4. The van der Waals surface area contributed by atoms with Crippen LogP contribution in [0.25, 0.3) is 0 Å². The number of halogens is 1. The number of hydrogen-bond donors (Lipinski definition) is 1. The monoisotopic (exact) mass is 391 g/mol. The van der Waals surface area contributed by atoms with E-state index in [1.807, 2.05) is 19.2 Å². The maximum atomic E-state index is 6.38. The SMILES string of the molecule is CNCc1cc(Cl)c(OCCOc2c(C)cccc2C(C)(C)C)c(OC)c1. The van der Waals surface area contributed by atoms with Gasteiger partial charge in [-0.2, -0.15) is 0 Å². The van der Waals surface area contributed by atoms with Crippen LogP contribution < -0.4 is 19.5 Å². The van der Waals surface area contributed by atoms with Gasteiger partial charge in [-0.3, -0.25) is 0 Å². The predicted molar refractivity (Wildman–Crippen MR) is 112 cm³/mol. The first-order chi connectivity index (χ1) is 12.8. The molecule has 2 aromatic rings. The summed E-state index contributed by atoms with van der Waals surface area (Å²) in [6, 6.07) is 10.1. The molecule has 0 bridgehead atoms. The van der Waals surface area contributed by atoms with Gasteiger partial charge in [0.25, 0.3) is 0 Å². The van der Waals surface area contributed by atoms with Gasteiger partial charge in [-0.25, -0.2) is 0 Å². The van der Waals surface area contributed by atoms with Crippen molar-refractivity contribution >= 4 is 11.6 Å². The summed E-state index contributed by atoms with van der Waals surface area (Å²) in [5.74, 6) is 2.10. The molecule has 0 atom stereocenters. The molecular formula is C22H30ClNO3. The number of benzene rings is 2. The van der Waals surface area contributed by atoms with E-state index < -0.39 is 0 Å². The van der Waals surface area contributed by atoms with Crippen molar-refractivity contribution in [3.05, 3.63) is 52.0 Å². The largest absolute Gasteiger partial charge is 0.493 e. The molecular weight excluding hydrogens is 362 g/mol. The van der Waals surface area contributed by atoms with Gasteiger partial charge < -0.3 is 19.5 Å². The van der Waals surface area contributed by atoms with Gasteiger partial charge >= 0.3 is 0 Å². The van der Waals surface area contributed by atoms with Crippen molar-refractivity contribution in [3.63, 3.8) is 0 Å². The number of nitrogens with one attached hydrogen (secondary N) is 1. The van der Waals surface area contributed by atoms with Gasteiger partial charge in [0, 0.05) is 6.54 Å². The Kier molecular flexibility index (Phi) is 7.40. The van der Waals surface area contributed by atoms with Crippen molar-refractivity contribution in [2.45, 2.75) is 39.7 Å². The van der Waals surface area contributed by atoms with Crippen LogP contribution in [0.3, 0.4) is 0 Å². The van der Waals surface area contributed by atoms with Crippen LogP contribution in [0, 0.1) is 6.92 Å². The maximum Gasteiger partial charge on any atom is 0.179 e. The minimum atomic E-state index is 0.0118. The van der Waals surface area contributed by atoms with Gasteiger partial charge in [-0.1, -0.05) is 50.6 Å². The van der Waals surface area contributed by atoms with Crippen LogP contribution in [-0.4, -0.2) is 27.4 Å². The molecule has 0 spiro atoms. The van der Waals surface area contributed by atoms with E-state index in [2.05, 4.69) is 51.2 Å². The Bertz CT molecular complexity index is 769. The Labute approximate surface area is 167 Å². The van der Waals surface area contributed by atoms with E-state index in [1.54, 1.807) is 7.11 Å². The van der Waals surface area contributed by atoms with Crippen LogP contribution in [0.1, 0.15) is 37.5 Å². The second kappa shape index (κ2) is 9.34. The number of para-hydroxylation sites is 1. The second-order valence-corrected chi connectivity index (χ2v) is 7.95. The third-order valence-corrected chi connectivity index (χ3v) is 4.55. The quantitative estimate of drug-likeness (QED) is 0.633. The molecule has 0 amide bonds. The lowest BCUT2D eigenvalue weighted by Gasteiger charge is -2.24. The van der Waals surface area contributed by atoms with Gasteiger partial charge in [-0.05, 0) is 48.2 Å². The highest BCUT2D eigenvalue weighted by Crippen LogP contribution is 2.37. The number of methoxy groups -OCH3 is 1. The number of ether oxygens (including phenoxy) is 3. The highest BCUT2D eigenvalue weighted by atomic mass is 35.5. The normalized spacial score (nSPS) is 11.4. The lowest BCUT2D eigenvalue weighted by molar-refractivity contribution is 0.208. The van der Waals surface area contributed by atoms with Crippen molar-refractivity contribution < 1.29 is 14.2 Å². The molecule has 0 heterocycles. The van der Waals surface area contributed by atoms with E-state index in [-0.39, 0.29) is 5.41 Å². The molecule has 0 saturated carbocycles. The minimum Gasteiger partial charge on any atom is -0.493 e. The first-order valence-electron chi connectivity index (χ1n) is 9.14. The molecule has 0 aliphatic heterocycles. The molecule has 27 heavy (non-hydrogen) atoms. The lowest BCUT2D eigenvalue weighted by atomic mass is 9.85. The molecule has 0 aliphatic rings. The molecule has 2 rings (SSSR count). The highest BCUT2D eigenvalue weighted by molar-refractivity contribution is 6.32. The summed E-state index contributed by atoms with van der Waals surface area (Å²) in [5.41, 5.74) is 3.36. The molecule has 0 saturated heterocycles. The zero-order chi connectivity index (χ0) is 20.0. The molecule has 0 aliphatic carbocycles. The molecule has 0 radical (unpaired) electrons. The van der Waals surface area contributed by atoms with E-state index in [0.29, 0.717) is 36.3 Å². The van der Waals surface area contributed by atoms with Gasteiger partial charge in [0.15, 0.2) is 11.5 Å². The first kappa shape index (κ1) is 21.4. The van der Waals surface area contributed by atoms with E-state index in [1.165, 1.54) is 5.56 Å². The molecule has 1 N–H and O–H groups in total. The molecule has 148 valence electrons. The summed E-state index contributed by atoms with van der Waals surface area (Å²) >= 11 is 6.38. The summed E-state index contributed by atoms with van der Waals surface area (Å²) in [7, 11) is 3.50. The maximum absolute atomic E-state index is 6.38. The van der Waals surface area contributed by atoms with Crippen molar-refractivity contribution in [2.24, 2.45) is 0 Å². The van der Waals surface area contributed by atoms with Crippen molar-refractivity contribution in [1.82, 2.24) is 5.32 Å². The average molecular weight is 392 g/mol. The molecule has 2 aromatic carbocycles. The van der Waals surface area contributed by atoms with E-state index >= 15 is 0 Å². The fraction of sp³-hybridized carbons (Fsp3) is 0.455. The van der Waals surface area contributed by atoms with Crippen LogP contribution >= 0.6 is 11.6 Å². The van der Waals surface area contributed by atoms with E-state index in [4.69, 9.17) is 25.8 Å². The Morgan fingerprint density at radius 1 is 1.04 bits per heavy atom. The Morgan fingerprint density at radius 3 is 2.30 bits per heavy atom. The molecule has 4 nitrogen and oxygen atoms in total. The summed E-state index contributed by atoms with van der Waals surface area (Å²) in [5, 5.41) is 3.63. The van der Waals surface area contributed by atoms with E-state index in [0.717, 1.165) is 16.9 Å². The van der Waals surface area contributed by atoms with Crippen LogP contribution in [0.2, 0.25) is 5.02 Å². The van der Waals surface area contributed by atoms with Crippen LogP contribution in [0.5, 0.6) is 17.2 Å². The second-order valence-electron chi connectivity index (χ2n) is 7.54. The van der Waals surface area contributed by atoms with Gasteiger partial charge in [-0.15, -0.1) is 0 Å². The minimum absolute atomic E-state index is 0.0118. The van der Waals surface area contributed by atoms with Crippen molar-refractivity contribution in [2.75, 3.05) is 27.4 Å². The highest BCUT2D eigenvalue weighted by Gasteiger charge is 2.20. The first-order valence-corrected chi connectivity index (χ1v) is 9.52. The zero-order valence-corrected chi connectivity index (χ0v) is 17.9. The smallest absolute Gasteiger partial charge is 0.179 e. The molecule has 5 heteroatoms. The standard InChI is InChI=1S/C22H30ClNO3/c1-15-8-7-9-17(22(2,3)4)20(15)26-10-11-27-21-18(23)12-16(14-24-5)13-19(21)25-6/h7-9,12-13,24H,10-11,14H2,1-6H3. The summed E-state index contributed by atoms with van der Waals surface area (Å²) in [6.07, 6.45) is 0. The van der Waals surface area contributed by atoms with Gasteiger partial charge in [0.2, 0.25) is 0 Å². The third kappa shape index (κ3) is 5.53.